The number of piperidine rings is 1. The van der Waals surface area contributed by atoms with Crippen molar-refractivity contribution in [3.05, 3.63) is 11.6 Å². The van der Waals surface area contributed by atoms with Crippen LogP contribution in [0.5, 0.6) is 0 Å². The third-order valence-electron chi connectivity index (χ3n) is 3.30. The summed E-state index contributed by atoms with van der Waals surface area (Å²) >= 11 is 0. The van der Waals surface area contributed by atoms with Gasteiger partial charge < -0.3 is 4.90 Å². The maximum atomic E-state index is 11.0. The maximum Gasteiger partial charge on any atom is 0.135 e. The first-order valence-corrected chi connectivity index (χ1v) is 5.76. The van der Waals surface area contributed by atoms with E-state index in [0.717, 1.165) is 25.9 Å². The molecular formula is C12H19NO. The second-order valence-corrected chi connectivity index (χ2v) is 4.38. The van der Waals surface area contributed by atoms with Gasteiger partial charge in [-0.05, 0) is 25.7 Å². The quantitative estimate of drug-likeness (QED) is 0.640. The Morgan fingerprint density at radius 2 is 2.00 bits per heavy atom. The molecule has 14 heavy (non-hydrogen) atoms. The molecule has 0 amide bonds. The van der Waals surface area contributed by atoms with E-state index in [1.807, 2.05) is 0 Å². The van der Waals surface area contributed by atoms with E-state index < -0.39 is 0 Å². The van der Waals surface area contributed by atoms with E-state index in [-0.39, 0.29) is 0 Å². The lowest BCUT2D eigenvalue weighted by Crippen LogP contribution is -2.34. The fraction of sp³-hybridized carbons (Fsp3) is 0.750. The van der Waals surface area contributed by atoms with E-state index >= 15 is 0 Å². The predicted octanol–water partition coefficient (Wildman–Crippen LogP) is 2.15. The number of allylic oxidation sites excluding steroid dienone is 1. The van der Waals surface area contributed by atoms with Crippen LogP contribution in [0.25, 0.3) is 0 Å². The average molecular weight is 193 g/mol. The van der Waals surface area contributed by atoms with E-state index in [2.05, 4.69) is 11.0 Å². The smallest absolute Gasteiger partial charge is 0.135 e. The number of hydrogen-bond acceptors (Lipinski definition) is 2. The highest BCUT2D eigenvalue weighted by Crippen LogP contribution is 2.21. The van der Waals surface area contributed by atoms with Gasteiger partial charge in [0.25, 0.3) is 0 Å². The molecule has 2 nitrogen and oxygen atoms in total. The number of nitrogens with zero attached hydrogens (tertiary/aromatic N) is 1. The third-order valence-corrected chi connectivity index (χ3v) is 3.30. The van der Waals surface area contributed by atoms with Crippen LogP contribution in [0, 0.1) is 0 Å². The van der Waals surface area contributed by atoms with Crippen LogP contribution in [0.3, 0.4) is 0 Å². The highest BCUT2D eigenvalue weighted by Gasteiger charge is 2.16. The molecule has 0 spiro atoms. The van der Waals surface area contributed by atoms with Crippen molar-refractivity contribution >= 4 is 5.78 Å². The molecule has 1 heterocycles. The van der Waals surface area contributed by atoms with Crippen LogP contribution < -0.4 is 0 Å². The van der Waals surface area contributed by atoms with Gasteiger partial charge in [0.2, 0.25) is 0 Å². The molecule has 2 aliphatic rings. The lowest BCUT2D eigenvalue weighted by atomic mass is 10.1. The van der Waals surface area contributed by atoms with Gasteiger partial charge in [0, 0.05) is 32.5 Å². The van der Waals surface area contributed by atoms with Crippen molar-refractivity contribution in [1.82, 2.24) is 4.90 Å². The summed E-state index contributed by atoms with van der Waals surface area (Å²) < 4.78 is 0. The van der Waals surface area contributed by atoms with Crippen molar-refractivity contribution in [3.63, 3.8) is 0 Å². The van der Waals surface area contributed by atoms with Gasteiger partial charge in [-0.1, -0.05) is 11.6 Å². The molecule has 0 aromatic rings. The number of ketones is 1. The minimum absolute atomic E-state index is 0.446. The van der Waals surface area contributed by atoms with Gasteiger partial charge in [-0.25, -0.2) is 0 Å². The van der Waals surface area contributed by atoms with Gasteiger partial charge in [0.05, 0.1) is 0 Å². The van der Waals surface area contributed by atoms with Crippen LogP contribution in [0.1, 0.15) is 38.5 Å². The Kier molecular flexibility index (Phi) is 3.35. The highest BCUT2D eigenvalue weighted by atomic mass is 16.1. The molecule has 0 unspecified atom stereocenters. The lowest BCUT2D eigenvalue weighted by Gasteiger charge is -2.25. The van der Waals surface area contributed by atoms with Crippen LogP contribution in [0.4, 0.5) is 0 Å². The van der Waals surface area contributed by atoms with E-state index in [4.69, 9.17) is 0 Å². The van der Waals surface area contributed by atoms with Crippen LogP contribution in [0.2, 0.25) is 0 Å². The first kappa shape index (κ1) is 9.91. The van der Waals surface area contributed by atoms with Crippen molar-refractivity contribution in [1.29, 1.82) is 0 Å². The Bertz CT molecular complexity index is 235. The lowest BCUT2D eigenvalue weighted by molar-refractivity contribution is -0.121. The van der Waals surface area contributed by atoms with Gasteiger partial charge in [-0.15, -0.1) is 0 Å². The van der Waals surface area contributed by atoms with Gasteiger partial charge in [0.15, 0.2) is 0 Å². The van der Waals surface area contributed by atoms with Gasteiger partial charge in [0.1, 0.15) is 5.78 Å². The molecule has 0 aromatic carbocycles. The van der Waals surface area contributed by atoms with Crippen LogP contribution >= 0.6 is 0 Å². The summed E-state index contributed by atoms with van der Waals surface area (Å²) in [6.07, 6.45) is 9.13. The van der Waals surface area contributed by atoms with Crippen molar-refractivity contribution in [2.75, 3.05) is 19.6 Å². The number of Topliss-reactive ketones (excluding diaryl/α,β-unsaturated/α-hetero) is 1. The number of rotatable bonds is 3. The van der Waals surface area contributed by atoms with Gasteiger partial charge in [-0.2, -0.15) is 0 Å². The average Bonchev–Trinajstić information content (AvgIpc) is 2.70. The standard InChI is InChI=1S/C12H19NO/c14-12-6-9-13(10-7-12)8-5-11-3-1-2-4-11/h3H,1-2,4-10H2. The van der Waals surface area contributed by atoms with Crippen molar-refractivity contribution in [3.8, 4) is 0 Å². The molecule has 0 radical (unpaired) electrons. The molecule has 1 fully saturated rings. The van der Waals surface area contributed by atoms with E-state index in [1.54, 1.807) is 5.57 Å². The SMILES string of the molecule is O=C1CCN(CCC2=CCCC2)CC1. The van der Waals surface area contributed by atoms with Gasteiger partial charge in [-0.3, -0.25) is 4.79 Å². The second-order valence-electron chi connectivity index (χ2n) is 4.38. The number of likely N-dealkylation sites (tertiary alicyclic amines) is 1. The fourth-order valence-electron chi connectivity index (χ4n) is 2.29. The monoisotopic (exact) mass is 193 g/mol. The second kappa shape index (κ2) is 4.74. The third kappa shape index (κ3) is 2.68. The summed E-state index contributed by atoms with van der Waals surface area (Å²) in [4.78, 5) is 13.5. The molecule has 1 saturated heterocycles. The molecule has 2 heteroatoms. The summed E-state index contributed by atoms with van der Waals surface area (Å²) in [5, 5.41) is 0. The molecule has 0 bridgehead atoms. The Morgan fingerprint density at radius 3 is 2.64 bits per heavy atom. The Labute approximate surface area is 86.0 Å². The van der Waals surface area contributed by atoms with Crippen LogP contribution in [0.15, 0.2) is 11.6 Å². The molecule has 0 aromatic heterocycles. The molecular weight excluding hydrogens is 174 g/mol. The number of carbonyl (C=O) groups excluding carboxylic acids is 1. The normalized spacial score (nSPS) is 24.0. The fourth-order valence-corrected chi connectivity index (χ4v) is 2.29. The molecule has 2 rings (SSSR count). The summed E-state index contributed by atoms with van der Waals surface area (Å²) in [5.41, 5.74) is 1.64. The van der Waals surface area contributed by atoms with E-state index in [1.165, 1.54) is 32.2 Å². The summed E-state index contributed by atoms with van der Waals surface area (Å²) in [6.45, 7) is 3.15. The summed E-state index contributed by atoms with van der Waals surface area (Å²) in [6, 6.07) is 0. The molecule has 1 aliphatic carbocycles. The van der Waals surface area contributed by atoms with Crippen LogP contribution in [-0.2, 0) is 4.79 Å². The first-order valence-electron chi connectivity index (χ1n) is 5.76. The zero-order valence-electron chi connectivity index (χ0n) is 8.80. The molecule has 0 N–H and O–H groups in total. The first-order chi connectivity index (χ1) is 6.84. The van der Waals surface area contributed by atoms with Crippen molar-refractivity contribution < 1.29 is 4.79 Å². The minimum Gasteiger partial charge on any atom is -0.302 e. The molecule has 0 saturated carbocycles. The summed E-state index contributed by atoms with van der Waals surface area (Å²) in [5.74, 6) is 0.446. The topological polar surface area (TPSA) is 20.3 Å². The van der Waals surface area contributed by atoms with Crippen LogP contribution in [-0.4, -0.2) is 30.3 Å². The molecule has 78 valence electrons. The van der Waals surface area contributed by atoms with E-state index in [9.17, 15) is 4.79 Å². The molecule has 1 aliphatic heterocycles. The number of hydrogen-bond donors (Lipinski definition) is 0. The zero-order chi connectivity index (χ0) is 9.80. The zero-order valence-corrected chi connectivity index (χ0v) is 8.80. The largest absolute Gasteiger partial charge is 0.302 e. The van der Waals surface area contributed by atoms with Gasteiger partial charge >= 0.3 is 0 Å². The van der Waals surface area contributed by atoms with Crippen molar-refractivity contribution in [2.24, 2.45) is 0 Å². The Balaban J connectivity index is 1.68. The molecule has 0 atom stereocenters. The minimum atomic E-state index is 0.446. The predicted molar refractivity (Wildman–Crippen MR) is 57.2 cm³/mol. The summed E-state index contributed by atoms with van der Waals surface area (Å²) in [7, 11) is 0. The van der Waals surface area contributed by atoms with E-state index in [0.29, 0.717) is 5.78 Å². The van der Waals surface area contributed by atoms with Crippen molar-refractivity contribution in [2.45, 2.75) is 38.5 Å². The number of carbonyl (C=O) groups is 1. The Morgan fingerprint density at radius 1 is 1.21 bits per heavy atom. The highest BCUT2D eigenvalue weighted by molar-refractivity contribution is 5.79. The Hall–Kier alpha value is -0.630. The maximum absolute atomic E-state index is 11.0.